The predicted molar refractivity (Wildman–Crippen MR) is 70.0 cm³/mol. The molecule has 0 spiro atoms. The number of nitrogens with one attached hydrogen (secondary N) is 1. The standard InChI is InChI=1S/C13H19BrFN/c1-9(2)4-7-13(16-3)11-6-5-10(14)8-12(11)15/h5-6,8-9,13,16H,4,7H2,1-3H3. The molecule has 0 heterocycles. The highest BCUT2D eigenvalue weighted by Gasteiger charge is 2.14. The molecule has 1 nitrogen and oxygen atoms in total. The highest BCUT2D eigenvalue weighted by Crippen LogP contribution is 2.25. The van der Waals surface area contributed by atoms with E-state index in [1.165, 1.54) is 6.07 Å². The summed E-state index contributed by atoms with van der Waals surface area (Å²) in [6, 6.07) is 5.36. The topological polar surface area (TPSA) is 12.0 Å². The summed E-state index contributed by atoms with van der Waals surface area (Å²) in [4.78, 5) is 0. The van der Waals surface area contributed by atoms with Crippen molar-refractivity contribution in [1.29, 1.82) is 0 Å². The minimum absolute atomic E-state index is 0.107. The molecule has 1 aromatic rings. The van der Waals surface area contributed by atoms with Crippen LogP contribution in [0.15, 0.2) is 22.7 Å². The quantitative estimate of drug-likeness (QED) is 0.852. The van der Waals surface area contributed by atoms with Crippen LogP contribution in [0.5, 0.6) is 0 Å². The number of hydrogen-bond acceptors (Lipinski definition) is 1. The Hall–Kier alpha value is -0.410. The van der Waals surface area contributed by atoms with E-state index >= 15 is 0 Å². The molecule has 0 bridgehead atoms. The number of hydrogen-bond donors (Lipinski definition) is 1. The van der Waals surface area contributed by atoms with Crippen LogP contribution in [0.1, 0.15) is 38.3 Å². The van der Waals surface area contributed by atoms with E-state index in [1.807, 2.05) is 19.2 Å². The van der Waals surface area contributed by atoms with Gasteiger partial charge >= 0.3 is 0 Å². The first-order valence-corrected chi connectivity index (χ1v) is 6.46. The van der Waals surface area contributed by atoms with Crippen molar-refractivity contribution in [2.24, 2.45) is 5.92 Å². The first-order valence-electron chi connectivity index (χ1n) is 5.66. The van der Waals surface area contributed by atoms with E-state index in [0.717, 1.165) is 22.9 Å². The van der Waals surface area contributed by atoms with Gasteiger partial charge in [-0.05, 0) is 37.9 Å². The van der Waals surface area contributed by atoms with Crippen LogP contribution in [0.3, 0.4) is 0 Å². The second kappa shape index (κ2) is 6.36. The highest BCUT2D eigenvalue weighted by atomic mass is 79.9. The van der Waals surface area contributed by atoms with E-state index in [-0.39, 0.29) is 11.9 Å². The fourth-order valence-electron chi connectivity index (χ4n) is 1.74. The van der Waals surface area contributed by atoms with Crippen molar-refractivity contribution in [3.63, 3.8) is 0 Å². The van der Waals surface area contributed by atoms with Gasteiger partial charge in [-0.2, -0.15) is 0 Å². The molecule has 1 atom stereocenters. The van der Waals surface area contributed by atoms with Crippen LogP contribution < -0.4 is 5.32 Å². The lowest BCUT2D eigenvalue weighted by Crippen LogP contribution is -2.18. The van der Waals surface area contributed by atoms with Crippen LogP contribution >= 0.6 is 15.9 Å². The summed E-state index contributed by atoms with van der Waals surface area (Å²) in [6.45, 7) is 4.37. The Morgan fingerprint density at radius 2 is 2.00 bits per heavy atom. The van der Waals surface area contributed by atoms with Crippen molar-refractivity contribution >= 4 is 15.9 Å². The van der Waals surface area contributed by atoms with Crippen LogP contribution in [0.4, 0.5) is 4.39 Å². The zero-order valence-electron chi connectivity index (χ0n) is 10.1. The molecule has 0 radical (unpaired) electrons. The predicted octanol–water partition coefficient (Wildman–Crippen LogP) is 4.28. The zero-order chi connectivity index (χ0) is 12.1. The van der Waals surface area contributed by atoms with E-state index < -0.39 is 0 Å². The van der Waals surface area contributed by atoms with Gasteiger partial charge in [0.2, 0.25) is 0 Å². The normalized spacial score (nSPS) is 13.1. The summed E-state index contributed by atoms with van der Waals surface area (Å²) in [5.74, 6) is 0.506. The summed E-state index contributed by atoms with van der Waals surface area (Å²) >= 11 is 3.27. The van der Waals surface area contributed by atoms with Gasteiger partial charge in [0, 0.05) is 16.1 Å². The fraction of sp³-hybridized carbons (Fsp3) is 0.538. The van der Waals surface area contributed by atoms with Crippen molar-refractivity contribution in [1.82, 2.24) is 5.32 Å². The van der Waals surface area contributed by atoms with Gasteiger partial charge in [-0.1, -0.05) is 35.8 Å². The van der Waals surface area contributed by atoms with Gasteiger partial charge in [-0.15, -0.1) is 0 Å². The Balaban J connectivity index is 2.78. The second-order valence-electron chi connectivity index (χ2n) is 4.48. The second-order valence-corrected chi connectivity index (χ2v) is 5.39. The highest BCUT2D eigenvalue weighted by molar-refractivity contribution is 9.10. The summed E-state index contributed by atoms with van der Waals surface area (Å²) in [5.41, 5.74) is 0.756. The lowest BCUT2D eigenvalue weighted by atomic mass is 9.97. The Morgan fingerprint density at radius 3 is 2.50 bits per heavy atom. The maximum Gasteiger partial charge on any atom is 0.129 e. The Kier molecular flexibility index (Phi) is 5.42. The van der Waals surface area contributed by atoms with Crippen molar-refractivity contribution in [3.05, 3.63) is 34.1 Å². The van der Waals surface area contributed by atoms with E-state index in [2.05, 4.69) is 35.1 Å². The molecule has 0 amide bonds. The fourth-order valence-corrected chi connectivity index (χ4v) is 2.07. The molecule has 1 N–H and O–H groups in total. The lowest BCUT2D eigenvalue weighted by molar-refractivity contribution is 0.449. The Labute approximate surface area is 106 Å². The minimum Gasteiger partial charge on any atom is -0.313 e. The average Bonchev–Trinajstić information content (AvgIpc) is 2.21. The zero-order valence-corrected chi connectivity index (χ0v) is 11.6. The molecular weight excluding hydrogens is 269 g/mol. The van der Waals surface area contributed by atoms with Crippen LogP contribution in [-0.2, 0) is 0 Å². The third-order valence-electron chi connectivity index (χ3n) is 2.72. The van der Waals surface area contributed by atoms with Gasteiger partial charge in [0.15, 0.2) is 0 Å². The molecule has 1 rings (SSSR count). The average molecular weight is 288 g/mol. The summed E-state index contributed by atoms with van der Waals surface area (Å²) < 4.78 is 14.5. The largest absolute Gasteiger partial charge is 0.313 e. The third-order valence-corrected chi connectivity index (χ3v) is 3.21. The molecule has 0 saturated carbocycles. The molecule has 3 heteroatoms. The van der Waals surface area contributed by atoms with E-state index in [4.69, 9.17) is 0 Å². The van der Waals surface area contributed by atoms with Crippen molar-refractivity contribution in [2.45, 2.75) is 32.7 Å². The minimum atomic E-state index is -0.141. The molecule has 0 aromatic heterocycles. The van der Waals surface area contributed by atoms with Gasteiger partial charge < -0.3 is 5.32 Å². The van der Waals surface area contributed by atoms with E-state index in [1.54, 1.807) is 0 Å². The maximum absolute atomic E-state index is 13.7. The van der Waals surface area contributed by atoms with Gasteiger partial charge in [-0.25, -0.2) is 4.39 Å². The molecule has 0 saturated heterocycles. The van der Waals surface area contributed by atoms with Crippen LogP contribution in [0.25, 0.3) is 0 Å². The van der Waals surface area contributed by atoms with Crippen LogP contribution in [0.2, 0.25) is 0 Å². The van der Waals surface area contributed by atoms with Crippen LogP contribution in [-0.4, -0.2) is 7.05 Å². The number of benzene rings is 1. The summed E-state index contributed by atoms with van der Waals surface area (Å²) in [5, 5.41) is 3.18. The molecule has 1 unspecified atom stereocenters. The maximum atomic E-state index is 13.7. The third kappa shape index (κ3) is 3.87. The first-order chi connectivity index (χ1) is 7.54. The summed E-state index contributed by atoms with van der Waals surface area (Å²) in [7, 11) is 1.88. The molecule has 0 fully saturated rings. The lowest BCUT2D eigenvalue weighted by Gasteiger charge is -2.18. The molecule has 0 aliphatic heterocycles. The van der Waals surface area contributed by atoms with Crippen molar-refractivity contribution in [3.8, 4) is 0 Å². The molecule has 0 aliphatic carbocycles. The molecule has 1 aromatic carbocycles. The molecule has 90 valence electrons. The van der Waals surface area contributed by atoms with Crippen molar-refractivity contribution in [2.75, 3.05) is 7.05 Å². The monoisotopic (exact) mass is 287 g/mol. The molecular formula is C13H19BrFN. The van der Waals surface area contributed by atoms with E-state index in [0.29, 0.717) is 5.92 Å². The van der Waals surface area contributed by atoms with Gasteiger partial charge in [0.1, 0.15) is 5.82 Å². The molecule has 16 heavy (non-hydrogen) atoms. The SMILES string of the molecule is CNC(CCC(C)C)c1ccc(Br)cc1F. The number of rotatable bonds is 5. The first kappa shape index (κ1) is 13.7. The van der Waals surface area contributed by atoms with Crippen molar-refractivity contribution < 1.29 is 4.39 Å². The summed E-state index contributed by atoms with van der Waals surface area (Å²) in [6.07, 6.45) is 2.06. The van der Waals surface area contributed by atoms with Gasteiger partial charge in [-0.3, -0.25) is 0 Å². The number of halogens is 2. The van der Waals surface area contributed by atoms with Gasteiger partial charge in [0.05, 0.1) is 0 Å². The van der Waals surface area contributed by atoms with E-state index in [9.17, 15) is 4.39 Å². The smallest absolute Gasteiger partial charge is 0.129 e. The van der Waals surface area contributed by atoms with Crippen LogP contribution in [0, 0.1) is 11.7 Å². The Morgan fingerprint density at radius 1 is 1.31 bits per heavy atom. The molecule has 0 aliphatic rings. The Bertz CT molecular complexity index is 339. The van der Waals surface area contributed by atoms with Gasteiger partial charge in [0.25, 0.3) is 0 Å².